The van der Waals surface area contributed by atoms with E-state index in [-0.39, 0.29) is 28.8 Å². The fourth-order valence-corrected chi connectivity index (χ4v) is 4.16. The van der Waals surface area contributed by atoms with Gasteiger partial charge < -0.3 is 10.1 Å². The molecule has 180 valence electrons. The number of sulfonamides is 1. The molecule has 3 rings (SSSR count). The fraction of sp³-hybridized carbons (Fsp3) is 0.320. The molecule has 8 nitrogen and oxygen atoms in total. The number of carbonyl (C=O) groups excluding carboxylic acids is 1. The number of amides is 1. The van der Waals surface area contributed by atoms with E-state index in [4.69, 9.17) is 4.74 Å². The Morgan fingerprint density at radius 1 is 0.971 bits per heavy atom. The molecule has 0 fully saturated rings. The van der Waals surface area contributed by atoms with E-state index in [1.165, 1.54) is 29.8 Å². The van der Waals surface area contributed by atoms with Crippen molar-refractivity contribution in [2.24, 2.45) is 0 Å². The normalized spacial score (nSPS) is 11.7. The zero-order valence-electron chi connectivity index (χ0n) is 20.0. The molecule has 3 aromatic rings. The maximum Gasteiger partial charge on any atom is 0.264 e. The molecule has 34 heavy (non-hydrogen) atoms. The lowest BCUT2D eigenvalue weighted by Crippen LogP contribution is -2.20. The first-order chi connectivity index (χ1) is 16.0. The number of nitrogens with zero attached hydrogens (tertiary/aromatic N) is 2. The van der Waals surface area contributed by atoms with Gasteiger partial charge in [-0.2, -0.15) is 0 Å². The summed E-state index contributed by atoms with van der Waals surface area (Å²) in [6.07, 6.45) is 1.02. The summed E-state index contributed by atoms with van der Waals surface area (Å²) in [5.74, 6) is 0.264. The van der Waals surface area contributed by atoms with Gasteiger partial charge >= 0.3 is 0 Å². The fourth-order valence-electron chi connectivity index (χ4n) is 3.22. The second kappa shape index (κ2) is 10.2. The lowest BCUT2D eigenvalue weighted by atomic mass is 9.82. The highest BCUT2D eigenvalue weighted by molar-refractivity contribution is 7.92. The maximum absolute atomic E-state index is 12.6. The second-order valence-corrected chi connectivity index (χ2v) is 10.4. The maximum atomic E-state index is 12.6. The van der Waals surface area contributed by atoms with Crippen LogP contribution < -0.4 is 14.8 Å². The Kier molecular flexibility index (Phi) is 7.56. The third kappa shape index (κ3) is 6.54. The first kappa shape index (κ1) is 25.2. The Morgan fingerprint density at radius 2 is 1.56 bits per heavy atom. The summed E-state index contributed by atoms with van der Waals surface area (Å²) in [5.41, 5.74) is 3.06. The molecule has 1 amide bonds. The van der Waals surface area contributed by atoms with Crippen LogP contribution in [0.25, 0.3) is 0 Å². The summed E-state index contributed by atoms with van der Waals surface area (Å²) in [5, 5.41) is 2.70. The summed E-state index contributed by atoms with van der Waals surface area (Å²) >= 11 is 0. The van der Waals surface area contributed by atoms with Crippen molar-refractivity contribution in [3.63, 3.8) is 0 Å². The van der Waals surface area contributed by atoms with E-state index in [0.717, 1.165) is 6.42 Å². The SMILES string of the molecule is CCC(C)(C)c1ccc(OCC(=O)Nc2ccc(S(=O)(=O)Nc3nc(C)cc(C)n3)cc2)cc1. The van der Waals surface area contributed by atoms with Crippen molar-refractivity contribution in [3.05, 3.63) is 71.5 Å². The molecule has 0 radical (unpaired) electrons. The van der Waals surface area contributed by atoms with Crippen molar-refractivity contribution in [1.82, 2.24) is 9.97 Å². The molecule has 2 N–H and O–H groups in total. The van der Waals surface area contributed by atoms with Crippen LogP contribution in [-0.2, 0) is 20.2 Å². The molecular weight excluding hydrogens is 452 g/mol. The average molecular weight is 483 g/mol. The molecule has 2 aromatic carbocycles. The molecule has 0 saturated heterocycles. The monoisotopic (exact) mass is 482 g/mol. The van der Waals surface area contributed by atoms with Crippen molar-refractivity contribution in [1.29, 1.82) is 0 Å². The Labute approximate surface area is 200 Å². The Balaban J connectivity index is 1.57. The first-order valence-corrected chi connectivity index (χ1v) is 12.5. The highest BCUT2D eigenvalue weighted by Gasteiger charge is 2.18. The number of anilines is 2. The van der Waals surface area contributed by atoms with Gasteiger partial charge in [0.2, 0.25) is 5.95 Å². The van der Waals surface area contributed by atoms with Crippen molar-refractivity contribution >= 4 is 27.6 Å². The number of benzene rings is 2. The smallest absolute Gasteiger partial charge is 0.264 e. The van der Waals surface area contributed by atoms with E-state index in [0.29, 0.717) is 22.8 Å². The Hall–Kier alpha value is -3.46. The van der Waals surface area contributed by atoms with Gasteiger partial charge in [-0.25, -0.2) is 23.1 Å². The molecule has 0 aliphatic carbocycles. The van der Waals surface area contributed by atoms with Crippen LogP contribution in [0, 0.1) is 13.8 Å². The summed E-state index contributed by atoms with van der Waals surface area (Å²) < 4.78 is 33.2. The topological polar surface area (TPSA) is 110 Å². The molecule has 1 heterocycles. The van der Waals surface area contributed by atoms with Crippen molar-refractivity contribution in [2.45, 2.75) is 51.3 Å². The standard InChI is InChI=1S/C25H30N4O4S/c1-6-25(4,5)19-7-11-21(12-8-19)33-16-23(30)28-20-9-13-22(14-10-20)34(31,32)29-24-26-17(2)15-18(3)27-24/h7-15H,6,16H2,1-5H3,(H,28,30)(H,26,27,29). The number of aryl methyl sites for hydroxylation is 2. The minimum Gasteiger partial charge on any atom is -0.484 e. The number of hydrogen-bond donors (Lipinski definition) is 2. The Bertz CT molecular complexity index is 1230. The van der Waals surface area contributed by atoms with Crippen molar-refractivity contribution < 1.29 is 17.9 Å². The van der Waals surface area contributed by atoms with E-state index in [1.807, 2.05) is 24.3 Å². The van der Waals surface area contributed by atoms with Crippen LogP contribution in [0.1, 0.15) is 44.1 Å². The van der Waals surface area contributed by atoms with Gasteiger partial charge in [-0.3, -0.25) is 4.79 Å². The molecule has 0 unspecified atom stereocenters. The van der Waals surface area contributed by atoms with Gasteiger partial charge in [-0.1, -0.05) is 32.9 Å². The van der Waals surface area contributed by atoms with E-state index in [2.05, 4.69) is 40.8 Å². The number of hydrogen-bond acceptors (Lipinski definition) is 6. The van der Waals surface area contributed by atoms with Gasteiger partial charge in [0.1, 0.15) is 5.75 Å². The van der Waals surface area contributed by atoms with Crippen LogP contribution in [0.4, 0.5) is 11.6 Å². The quantitative estimate of drug-likeness (QED) is 0.461. The van der Waals surface area contributed by atoms with Crippen LogP contribution in [0.3, 0.4) is 0 Å². The van der Waals surface area contributed by atoms with E-state index < -0.39 is 10.0 Å². The number of rotatable bonds is 9. The largest absolute Gasteiger partial charge is 0.484 e. The first-order valence-electron chi connectivity index (χ1n) is 11.0. The molecule has 0 saturated carbocycles. The van der Waals surface area contributed by atoms with Gasteiger partial charge in [-0.05, 0) is 73.7 Å². The molecule has 9 heteroatoms. The zero-order valence-corrected chi connectivity index (χ0v) is 20.9. The van der Waals surface area contributed by atoms with Gasteiger partial charge in [0.05, 0.1) is 4.90 Å². The molecule has 0 bridgehead atoms. The highest BCUT2D eigenvalue weighted by atomic mass is 32.2. The Morgan fingerprint density at radius 3 is 2.12 bits per heavy atom. The number of carbonyl (C=O) groups is 1. The molecule has 0 spiro atoms. The molecular formula is C25H30N4O4S. The van der Waals surface area contributed by atoms with Crippen molar-refractivity contribution in [2.75, 3.05) is 16.6 Å². The van der Waals surface area contributed by atoms with Crippen LogP contribution in [-0.4, -0.2) is 30.9 Å². The third-order valence-electron chi connectivity index (χ3n) is 5.55. The molecule has 0 aliphatic rings. The van der Waals surface area contributed by atoms with Crippen LogP contribution in [0.15, 0.2) is 59.5 Å². The number of ether oxygens (including phenoxy) is 1. The van der Waals surface area contributed by atoms with Gasteiger partial charge in [-0.15, -0.1) is 0 Å². The zero-order chi connectivity index (χ0) is 24.9. The molecule has 0 atom stereocenters. The lowest BCUT2D eigenvalue weighted by Gasteiger charge is -2.23. The summed E-state index contributed by atoms with van der Waals surface area (Å²) in [7, 11) is -3.87. The number of nitrogens with one attached hydrogen (secondary N) is 2. The molecule has 1 aromatic heterocycles. The minimum absolute atomic E-state index is 0.0123. The third-order valence-corrected chi connectivity index (χ3v) is 6.89. The van der Waals surface area contributed by atoms with E-state index in [1.54, 1.807) is 19.9 Å². The summed E-state index contributed by atoms with van der Waals surface area (Å²) in [6, 6.07) is 15.3. The summed E-state index contributed by atoms with van der Waals surface area (Å²) in [6.45, 7) is 9.86. The van der Waals surface area contributed by atoms with Gasteiger partial charge in [0.25, 0.3) is 15.9 Å². The van der Waals surface area contributed by atoms with Gasteiger partial charge in [0, 0.05) is 17.1 Å². The molecule has 0 aliphatic heterocycles. The number of aromatic nitrogens is 2. The van der Waals surface area contributed by atoms with Crippen molar-refractivity contribution in [3.8, 4) is 5.75 Å². The van der Waals surface area contributed by atoms with E-state index in [9.17, 15) is 13.2 Å². The van der Waals surface area contributed by atoms with Gasteiger partial charge in [0.15, 0.2) is 6.61 Å². The highest BCUT2D eigenvalue weighted by Crippen LogP contribution is 2.28. The minimum atomic E-state index is -3.87. The lowest BCUT2D eigenvalue weighted by molar-refractivity contribution is -0.118. The van der Waals surface area contributed by atoms with Crippen LogP contribution >= 0.6 is 0 Å². The van der Waals surface area contributed by atoms with Crippen LogP contribution in [0.5, 0.6) is 5.75 Å². The van der Waals surface area contributed by atoms with Crippen LogP contribution in [0.2, 0.25) is 0 Å². The predicted molar refractivity (Wildman–Crippen MR) is 133 cm³/mol. The average Bonchev–Trinajstić information content (AvgIpc) is 2.77. The van der Waals surface area contributed by atoms with E-state index >= 15 is 0 Å². The predicted octanol–water partition coefficient (Wildman–Crippen LogP) is 4.60. The second-order valence-electron chi connectivity index (χ2n) is 8.70. The summed E-state index contributed by atoms with van der Waals surface area (Å²) in [4.78, 5) is 20.5.